The molecule has 0 fully saturated rings. The molecule has 1 atom stereocenters. The maximum Gasteiger partial charge on any atom is 0.325 e. The third-order valence-electron chi connectivity index (χ3n) is 1.62. The third kappa shape index (κ3) is 3.09. The molecule has 0 aliphatic carbocycles. The highest BCUT2D eigenvalue weighted by molar-refractivity contribution is 7.20. The molecular formula is C8H7Cl2NO3S. The first-order valence-corrected chi connectivity index (χ1v) is 5.47. The molecule has 0 saturated heterocycles. The first-order chi connectivity index (χ1) is 6.91. The number of halogens is 2. The minimum absolute atomic E-state index is 0.194. The summed E-state index contributed by atoms with van der Waals surface area (Å²) in [5.41, 5.74) is 0.194. The number of carboxylic acids is 1. The molecule has 1 aromatic heterocycles. The van der Waals surface area contributed by atoms with Crippen molar-refractivity contribution < 1.29 is 14.7 Å². The van der Waals surface area contributed by atoms with Crippen LogP contribution in [0.25, 0.3) is 0 Å². The maximum absolute atomic E-state index is 11.5. The molecule has 0 aliphatic heterocycles. The van der Waals surface area contributed by atoms with E-state index in [1.54, 1.807) is 0 Å². The molecule has 1 amide bonds. The SMILES string of the molecule is CC(NC(=O)c1cc(Cl)sc1Cl)C(=O)O. The maximum atomic E-state index is 11.5. The summed E-state index contributed by atoms with van der Waals surface area (Å²) in [7, 11) is 0. The standard InChI is InChI=1S/C8H7Cl2NO3S/c1-3(8(13)14)11-7(12)4-2-5(9)15-6(4)10/h2-3H,1H3,(H,11,12)(H,13,14). The molecule has 0 aliphatic rings. The van der Waals surface area contributed by atoms with Crippen molar-refractivity contribution in [3.63, 3.8) is 0 Å². The zero-order chi connectivity index (χ0) is 11.6. The fraction of sp³-hybridized carbons (Fsp3) is 0.250. The van der Waals surface area contributed by atoms with Crippen LogP contribution in [0.15, 0.2) is 6.07 Å². The van der Waals surface area contributed by atoms with E-state index in [9.17, 15) is 9.59 Å². The number of aliphatic carboxylic acids is 1. The van der Waals surface area contributed by atoms with Gasteiger partial charge in [0.1, 0.15) is 10.4 Å². The second-order valence-electron chi connectivity index (χ2n) is 2.77. The smallest absolute Gasteiger partial charge is 0.325 e. The average Bonchev–Trinajstić information content (AvgIpc) is 2.44. The average molecular weight is 268 g/mol. The summed E-state index contributed by atoms with van der Waals surface area (Å²) in [5.74, 6) is -1.65. The van der Waals surface area contributed by atoms with E-state index in [2.05, 4.69) is 5.32 Å². The Labute approximate surface area is 99.8 Å². The molecule has 1 rings (SSSR count). The molecule has 0 spiro atoms. The Kier molecular flexibility index (Phi) is 3.96. The fourth-order valence-corrected chi connectivity index (χ4v) is 2.29. The number of hydrogen-bond acceptors (Lipinski definition) is 3. The van der Waals surface area contributed by atoms with Crippen molar-refractivity contribution in [2.75, 3.05) is 0 Å². The second-order valence-corrected chi connectivity index (χ2v) is 5.06. The minimum atomic E-state index is -1.11. The molecule has 0 aromatic carbocycles. The zero-order valence-electron chi connectivity index (χ0n) is 7.58. The van der Waals surface area contributed by atoms with E-state index in [0.717, 1.165) is 11.3 Å². The third-order valence-corrected chi connectivity index (χ3v) is 3.11. The van der Waals surface area contributed by atoms with Crippen LogP contribution in [0.5, 0.6) is 0 Å². The quantitative estimate of drug-likeness (QED) is 0.883. The summed E-state index contributed by atoms with van der Waals surface area (Å²) in [6, 6.07) is 0.436. The van der Waals surface area contributed by atoms with E-state index in [1.807, 2.05) is 0 Å². The van der Waals surface area contributed by atoms with Crippen molar-refractivity contribution >= 4 is 46.4 Å². The lowest BCUT2D eigenvalue weighted by molar-refractivity contribution is -0.138. The van der Waals surface area contributed by atoms with Gasteiger partial charge in [0.25, 0.3) is 5.91 Å². The summed E-state index contributed by atoms with van der Waals surface area (Å²) >= 11 is 12.4. The normalized spacial score (nSPS) is 12.2. The molecule has 15 heavy (non-hydrogen) atoms. The summed E-state index contributed by atoms with van der Waals surface area (Å²) in [4.78, 5) is 22.0. The molecule has 0 radical (unpaired) electrons. The lowest BCUT2D eigenvalue weighted by atomic mass is 10.3. The van der Waals surface area contributed by atoms with Gasteiger partial charge in [-0.15, -0.1) is 11.3 Å². The molecule has 0 saturated carbocycles. The van der Waals surface area contributed by atoms with Gasteiger partial charge in [0, 0.05) is 0 Å². The monoisotopic (exact) mass is 267 g/mol. The van der Waals surface area contributed by atoms with Crippen LogP contribution in [0.3, 0.4) is 0 Å². The number of carbonyl (C=O) groups is 2. The van der Waals surface area contributed by atoms with Gasteiger partial charge in [-0.1, -0.05) is 23.2 Å². The molecule has 1 heterocycles. The highest BCUT2D eigenvalue weighted by atomic mass is 35.5. The minimum Gasteiger partial charge on any atom is -0.480 e. The van der Waals surface area contributed by atoms with E-state index < -0.39 is 17.9 Å². The molecule has 0 bridgehead atoms. The van der Waals surface area contributed by atoms with Crippen LogP contribution >= 0.6 is 34.5 Å². The van der Waals surface area contributed by atoms with Crippen molar-refractivity contribution in [1.82, 2.24) is 5.32 Å². The summed E-state index contributed by atoms with van der Waals surface area (Å²) in [6.07, 6.45) is 0. The Hall–Kier alpha value is -0.780. The topological polar surface area (TPSA) is 66.4 Å². The van der Waals surface area contributed by atoms with Crippen LogP contribution in [0, 0.1) is 0 Å². The van der Waals surface area contributed by atoms with Gasteiger partial charge in [0.15, 0.2) is 0 Å². The first kappa shape index (κ1) is 12.3. The van der Waals surface area contributed by atoms with Gasteiger partial charge in [-0.25, -0.2) is 0 Å². The van der Waals surface area contributed by atoms with Crippen molar-refractivity contribution in [3.05, 3.63) is 20.3 Å². The van der Waals surface area contributed by atoms with Gasteiger partial charge in [-0.2, -0.15) is 0 Å². The molecule has 1 aromatic rings. The van der Waals surface area contributed by atoms with E-state index >= 15 is 0 Å². The number of rotatable bonds is 3. The number of hydrogen-bond donors (Lipinski definition) is 2. The number of amides is 1. The van der Waals surface area contributed by atoms with Gasteiger partial charge in [0.05, 0.1) is 9.90 Å². The van der Waals surface area contributed by atoms with Gasteiger partial charge < -0.3 is 10.4 Å². The van der Waals surface area contributed by atoms with Crippen molar-refractivity contribution in [3.8, 4) is 0 Å². The van der Waals surface area contributed by atoms with Crippen molar-refractivity contribution in [2.24, 2.45) is 0 Å². The highest BCUT2D eigenvalue weighted by Crippen LogP contribution is 2.30. The zero-order valence-corrected chi connectivity index (χ0v) is 9.91. The number of carboxylic acid groups (broad SMARTS) is 1. The molecule has 2 N–H and O–H groups in total. The summed E-state index contributed by atoms with van der Waals surface area (Å²) < 4.78 is 0.628. The lowest BCUT2D eigenvalue weighted by Crippen LogP contribution is -2.38. The predicted molar refractivity (Wildman–Crippen MR) is 58.9 cm³/mol. The van der Waals surface area contributed by atoms with E-state index in [0.29, 0.717) is 4.34 Å². The lowest BCUT2D eigenvalue weighted by Gasteiger charge is -2.07. The fourth-order valence-electron chi connectivity index (χ4n) is 0.831. The van der Waals surface area contributed by atoms with E-state index in [4.69, 9.17) is 28.3 Å². The molecule has 1 unspecified atom stereocenters. The molecule has 7 heteroatoms. The highest BCUT2D eigenvalue weighted by Gasteiger charge is 2.19. The Morgan fingerprint density at radius 3 is 2.53 bits per heavy atom. The van der Waals surface area contributed by atoms with Crippen LogP contribution in [0.2, 0.25) is 8.67 Å². The van der Waals surface area contributed by atoms with Crippen LogP contribution < -0.4 is 5.32 Å². The summed E-state index contributed by atoms with van der Waals surface area (Å²) in [6.45, 7) is 1.36. The number of thiophene rings is 1. The Bertz CT molecular complexity index is 405. The van der Waals surface area contributed by atoms with E-state index in [-0.39, 0.29) is 9.90 Å². The first-order valence-electron chi connectivity index (χ1n) is 3.90. The van der Waals surface area contributed by atoms with Crippen LogP contribution in [0.4, 0.5) is 0 Å². The van der Waals surface area contributed by atoms with E-state index in [1.165, 1.54) is 13.0 Å². The van der Waals surface area contributed by atoms with Crippen molar-refractivity contribution in [1.29, 1.82) is 0 Å². The van der Waals surface area contributed by atoms with Crippen LogP contribution in [-0.4, -0.2) is 23.0 Å². The Balaban J connectivity index is 2.77. The van der Waals surface area contributed by atoms with Gasteiger partial charge >= 0.3 is 5.97 Å². The Morgan fingerprint density at radius 1 is 1.53 bits per heavy atom. The van der Waals surface area contributed by atoms with Crippen molar-refractivity contribution in [2.45, 2.75) is 13.0 Å². The largest absolute Gasteiger partial charge is 0.480 e. The second kappa shape index (κ2) is 4.83. The van der Waals surface area contributed by atoms with Crippen LogP contribution in [0.1, 0.15) is 17.3 Å². The van der Waals surface area contributed by atoms with Gasteiger partial charge in [-0.3, -0.25) is 9.59 Å². The predicted octanol–water partition coefficient (Wildman–Crippen LogP) is 2.26. The summed E-state index contributed by atoms with van der Waals surface area (Å²) in [5, 5.41) is 10.9. The van der Waals surface area contributed by atoms with Crippen LogP contribution in [-0.2, 0) is 4.79 Å². The van der Waals surface area contributed by atoms with Gasteiger partial charge in [0.2, 0.25) is 0 Å². The molecular weight excluding hydrogens is 261 g/mol. The Morgan fingerprint density at radius 2 is 2.13 bits per heavy atom. The molecule has 82 valence electrons. The molecule has 4 nitrogen and oxygen atoms in total. The number of nitrogens with one attached hydrogen (secondary N) is 1. The number of carbonyl (C=O) groups excluding carboxylic acids is 1. The van der Waals surface area contributed by atoms with Gasteiger partial charge in [-0.05, 0) is 13.0 Å².